The average molecular weight is 275 g/mol. The number of amides is 1. The molecular weight excluding hydrogens is 258 g/mol. The molecule has 0 unspecified atom stereocenters. The van der Waals surface area contributed by atoms with Gasteiger partial charge in [-0.1, -0.05) is 13.0 Å². The van der Waals surface area contributed by atoms with Crippen LogP contribution in [0, 0.1) is 0 Å². The van der Waals surface area contributed by atoms with Crippen LogP contribution in [-0.2, 0) is 6.54 Å². The summed E-state index contributed by atoms with van der Waals surface area (Å²) in [6, 6.07) is 7.61. The molecule has 0 spiro atoms. The minimum Gasteiger partial charge on any atom is -0.385 e. The number of nitrogens with one attached hydrogen (secondary N) is 2. The van der Waals surface area contributed by atoms with Gasteiger partial charge < -0.3 is 10.6 Å². The monoisotopic (exact) mass is 275 g/mol. The summed E-state index contributed by atoms with van der Waals surface area (Å²) in [4.78, 5) is 17.2. The molecule has 2 aromatic heterocycles. The lowest BCUT2D eigenvalue weighted by Gasteiger charge is -2.07. The van der Waals surface area contributed by atoms with Crippen molar-refractivity contribution in [2.24, 2.45) is 0 Å². The maximum absolute atomic E-state index is 12.0. The van der Waals surface area contributed by atoms with Gasteiger partial charge >= 0.3 is 0 Å². The largest absolute Gasteiger partial charge is 0.385 e. The summed E-state index contributed by atoms with van der Waals surface area (Å²) < 4.78 is 0. The van der Waals surface area contributed by atoms with Gasteiger partial charge in [0.15, 0.2) is 0 Å². The van der Waals surface area contributed by atoms with Crippen LogP contribution in [0.25, 0.3) is 0 Å². The van der Waals surface area contributed by atoms with Gasteiger partial charge in [0.2, 0.25) is 0 Å². The number of aromatic nitrogens is 1. The van der Waals surface area contributed by atoms with Gasteiger partial charge in [-0.15, -0.1) is 11.3 Å². The topological polar surface area (TPSA) is 54.0 Å². The molecule has 0 atom stereocenters. The van der Waals surface area contributed by atoms with Crippen LogP contribution in [0.3, 0.4) is 0 Å². The number of carbonyl (C=O) groups is 1. The Balaban J connectivity index is 1.94. The highest BCUT2D eigenvalue weighted by atomic mass is 32.1. The molecule has 0 radical (unpaired) electrons. The highest BCUT2D eigenvalue weighted by Crippen LogP contribution is 2.10. The molecule has 2 N–H and O–H groups in total. The SMILES string of the molecule is CCCNc1ccnc(C(=O)NCc2cccs2)c1. The molecule has 0 aromatic carbocycles. The summed E-state index contributed by atoms with van der Waals surface area (Å²) in [6.07, 6.45) is 2.69. The van der Waals surface area contributed by atoms with Crippen LogP contribution in [0.5, 0.6) is 0 Å². The summed E-state index contributed by atoms with van der Waals surface area (Å²) in [5, 5.41) is 8.10. The van der Waals surface area contributed by atoms with Crippen molar-refractivity contribution in [1.82, 2.24) is 10.3 Å². The molecule has 0 aliphatic rings. The molecule has 0 aliphatic heterocycles. The van der Waals surface area contributed by atoms with E-state index in [1.165, 1.54) is 0 Å². The Kier molecular flexibility index (Phi) is 4.92. The Morgan fingerprint density at radius 1 is 1.42 bits per heavy atom. The summed E-state index contributed by atoms with van der Waals surface area (Å²) >= 11 is 1.63. The first kappa shape index (κ1) is 13.5. The fourth-order valence-electron chi connectivity index (χ4n) is 1.61. The molecule has 5 heteroatoms. The third kappa shape index (κ3) is 4.06. The number of hydrogen-bond donors (Lipinski definition) is 2. The van der Waals surface area contributed by atoms with Gasteiger partial charge in [-0.25, -0.2) is 0 Å². The second-order valence-electron chi connectivity index (χ2n) is 4.12. The molecule has 0 bridgehead atoms. The van der Waals surface area contributed by atoms with Gasteiger partial charge in [-0.05, 0) is 30.0 Å². The Labute approximate surface area is 116 Å². The zero-order chi connectivity index (χ0) is 13.5. The number of thiophene rings is 1. The summed E-state index contributed by atoms with van der Waals surface area (Å²) in [5.41, 5.74) is 1.37. The van der Waals surface area contributed by atoms with E-state index < -0.39 is 0 Å². The van der Waals surface area contributed by atoms with Crippen molar-refractivity contribution >= 4 is 22.9 Å². The highest BCUT2D eigenvalue weighted by Gasteiger charge is 2.07. The van der Waals surface area contributed by atoms with E-state index >= 15 is 0 Å². The minimum atomic E-state index is -0.145. The zero-order valence-electron chi connectivity index (χ0n) is 10.8. The van der Waals surface area contributed by atoms with Crippen molar-refractivity contribution in [3.63, 3.8) is 0 Å². The van der Waals surface area contributed by atoms with Crippen LogP contribution in [0.2, 0.25) is 0 Å². The first-order chi connectivity index (χ1) is 9.29. The molecule has 2 aromatic rings. The first-order valence-electron chi connectivity index (χ1n) is 6.30. The van der Waals surface area contributed by atoms with E-state index in [1.807, 2.05) is 23.6 Å². The number of anilines is 1. The predicted octanol–water partition coefficient (Wildman–Crippen LogP) is 2.90. The molecule has 0 fully saturated rings. The van der Waals surface area contributed by atoms with Crippen molar-refractivity contribution < 1.29 is 4.79 Å². The molecular formula is C14H17N3OS. The maximum atomic E-state index is 12.0. The molecule has 1 amide bonds. The van der Waals surface area contributed by atoms with Gasteiger partial charge in [0.1, 0.15) is 5.69 Å². The Morgan fingerprint density at radius 2 is 2.32 bits per heavy atom. The van der Waals surface area contributed by atoms with Crippen LogP contribution in [-0.4, -0.2) is 17.4 Å². The molecule has 2 rings (SSSR count). The molecule has 0 saturated heterocycles. The summed E-state index contributed by atoms with van der Waals surface area (Å²) in [7, 11) is 0. The van der Waals surface area contributed by atoms with Gasteiger partial charge in [0.05, 0.1) is 6.54 Å². The second kappa shape index (κ2) is 6.89. The van der Waals surface area contributed by atoms with Crippen LogP contribution in [0.1, 0.15) is 28.7 Å². The van der Waals surface area contributed by atoms with E-state index in [9.17, 15) is 4.79 Å². The van der Waals surface area contributed by atoms with Crippen LogP contribution in [0.15, 0.2) is 35.8 Å². The van der Waals surface area contributed by atoms with Gasteiger partial charge in [0.25, 0.3) is 5.91 Å². The summed E-state index contributed by atoms with van der Waals surface area (Å²) in [5.74, 6) is -0.145. The highest BCUT2D eigenvalue weighted by molar-refractivity contribution is 7.09. The molecule has 100 valence electrons. The summed E-state index contributed by atoms with van der Waals surface area (Å²) in [6.45, 7) is 3.54. The Hall–Kier alpha value is -1.88. The lowest BCUT2D eigenvalue weighted by atomic mass is 10.3. The fourth-order valence-corrected chi connectivity index (χ4v) is 2.25. The Bertz CT molecular complexity index is 525. The van der Waals surface area contributed by atoms with Crippen molar-refractivity contribution in [1.29, 1.82) is 0 Å². The first-order valence-corrected chi connectivity index (χ1v) is 7.18. The van der Waals surface area contributed by atoms with Gasteiger partial charge in [-0.2, -0.15) is 0 Å². The molecule has 0 aliphatic carbocycles. The molecule has 0 saturated carbocycles. The van der Waals surface area contributed by atoms with E-state index in [2.05, 4.69) is 22.5 Å². The number of rotatable bonds is 6. The lowest BCUT2D eigenvalue weighted by molar-refractivity contribution is 0.0946. The standard InChI is InChI=1S/C14H17N3OS/c1-2-6-15-11-5-7-16-13(9-11)14(18)17-10-12-4-3-8-19-12/h3-5,7-9H,2,6,10H2,1H3,(H,15,16)(H,17,18). The second-order valence-corrected chi connectivity index (χ2v) is 5.15. The Morgan fingerprint density at radius 3 is 3.05 bits per heavy atom. The van der Waals surface area contributed by atoms with Crippen molar-refractivity contribution in [3.8, 4) is 0 Å². The number of pyridine rings is 1. The van der Waals surface area contributed by atoms with E-state index in [-0.39, 0.29) is 5.91 Å². The van der Waals surface area contributed by atoms with Crippen molar-refractivity contribution in [3.05, 3.63) is 46.4 Å². The number of hydrogen-bond acceptors (Lipinski definition) is 4. The maximum Gasteiger partial charge on any atom is 0.270 e. The van der Waals surface area contributed by atoms with E-state index in [1.54, 1.807) is 23.6 Å². The predicted molar refractivity (Wildman–Crippen MR) is 78.5 cm³/mol. The van der Waals surface area contributed by atoms with E-state index in [4.69, 9.17) is 0 Å². The van der Waals surface area contributed by atoms with Crippen LogP contribution >= 0.6 is 11.3 Å². The number of carbonyl (C=O) groups excluding carboxylic acids is 1. The van der Waals surface area contributed by atoms with Crippen molar-refractivity contribution in [2.45, 2.75) is 19.9 Å². The van der Waals surface area contributed by atoms with Crippen LogP contribution < -0.4 is 10.6 Å². The van der Waals surface area contributed by atoms with Gasteiger partial charge in [0, 0.05) is 23.3 Å². The quantitative estimate of drug-likeness (QED) is 0.852. The minimum absolute atomic E-state index is 0.145. The van der Waals surface area contributed by atoms with Crippen LogP contribution in [0.4, 0.5) is 5.69 Å². The third-order valence-corrected chi connectivity index (χ3v) is 3.45. The third-order valence-electron chi connectivity index (χ3n) is 2.57. The number of nitrogens with zero attached hydrogens (tertiary/aromatic N) is 1. The molecule has 19 heavy (non-hydrogen) atoms. The fraction of sp³-hybridized carbons (Fsp3) is 0.286. The normalized spacial score (nSPS) is 10.2. The smallest absolute Gasteiger partial charge is 0.270 e. The van der Waals surface area contributed by atoms with E-state index in [0.29, 0.717) is 12.2 Å². The molecule has 4 nitrogen and oxygen atoms in total. The zero-order valence-corrected chi connectivity index (χ0v) is 11.7. The average Bonchev–Trinajstić information content (AvgIpc) is 2.96. The van der Waals surface area contributed by atoms with Crippen molar-refractivity contribution in [2.75, 3.05) is 11.9 Å². The van der Waals surface area contributed by atoms with E-state index in [0.717, 1.165) is 23.5 Å². The molecule has 2 heterocycles. The lowest BCUT2D eigenvalue weighted by Crippen LogP contribution is -2.23. The van der Waals surface area contributed by atoms with Gasteiger partial charge in [-0.3, -0.25) is 9.78 Å².